The average molecular weight is 429 g/mol. The predicted molar refractivity (Wildman–Crippen MR) is 139 cm³/mol. The van der Waals surface area contributed by atoms with Crippen LogP contribution in [0.5, 0.6) is 0 Å². The summed E-state index contributed by atoms with van der Waals surface area (Å²) in [7, 11) is 0. The van der Waals surface area contributed by atoms with Gasteiger partial charge in [-0.25, -0.2) is 15.0 Å². The van der Waals surface area contributed by atoms with Crippen molar-refractivity contribution in [2.24, 2.45) is 0 Å². The molecule has 0 saturated carbocycles. The van der Waals surface area contributed by atoms with Crippen LogP contribution in [0.15, 0.2) is 91.0 Å². The van der Waals surface area contributed by atoms with E-state index < -0.39 is 0 Å². The summed E-state index contributed by atoms with van der Waals surface area (Å²) in [4.78, 5) is 15.1. The molecule has 0 spiro atoms. The third-order valence-electron chi connectivity index (χ3n) is 7.48. The van der Waals surface area contributed by atoms with Crippen molar-refractivity contribution in [2.75, 3.05) is 0 Å². The number of aromatic nitrogens is 3. The van der Waals surface area contributed by atoms with Gasteiger partial charge in [0.05, 0.1) is 11.4 Å². The molecular weight excluding hydrogens is 414 g/mol. The number of benzene rings is 4. The van der Waals surface area contributed by atoms with Crippen molar-refractivity contribution < 1.29 is 0 Å². The lowest BCUT2D eigenvalue weighted by Gasteiger charge is -2.08. The van der Waals surface area contributed by atoms with E-state index >= 15 is 0 Å². The quantitative estimate of drug-likeness (QED) is 0.231. The summed E-state index contributed by atoms with van der Waals surface area (Å²) >= 11 is 0. The summed E-state index contributed by atoms with van der Waals surface area (Å²) in [6.45, 7) is 0. The fraction of sp³-hybridized carbons (Fsp3) is 0. The first kappa shape index (κ1) is 16.9. The first-order chi connectivity index (χ1) is 16.8. The molecule has 0 radical (unpaired) electrons. The van der Waals surface area contributed by atoms with Crippen molar-refractivity contribution in [1.29, 1.82) is 0 Å². The molecule has 0 saturated heterocycles. The van der Waals surface area contributed by atoms with Gasteiger partial charge in [-0.2, -0.15) is 0 Å². The molecule has 34 heavy (non-hydrogen) atoms. The lowest BCUT2D eigenvalue weighted by Crippen LogP contribution is -1.93. The second-order valence-electron chi connectivity index (χ2n) is 9.27. The van der Waals surface area contributed by atoms with Crippen LogP contribution >= 0.6 is 0 Å². The molecule has 9 rings (SSSR count). The molecule has 0 unspecified atom stereocenters. The molecule has 0 atom stereocenters. The maximum atomic E-state index is 5.07. The highest BCUT2D eigenvalue weighted by Gasteiger charge is 2.25. The van der Waals surface area contributed by atoms with Crippen LogP contribution in [0.3, 0.4) is 0 Å². The van der Waals surface area contributed by atoms with Crippen molar-refractivity contribution in [2.45, 2.75) is 0 Å². The van der Waals surface area contributed by atoms with Crippen molar-refractivity contribution >= 4 is 43.6 Å². The molecule has 3 aromatic heterocycles. The summed E-state index contributed by atoms with van der Waals surface area (Å²) in [5.41, 5.74) is 10.8. The van der Waals surface area contributed by atoms with E-state index in [1.54, 1.807) is 0 Å². The first-order valence-corrected chi connectivity index (χ1v) is 11.5. The molecule has 7 aromatic rings. The zero-order chi connectivity index (χ0) is 22.0. The van der Waals surface area contributed by atoms with Gasteiger partial charge in [-0.05, 0) is 50.9 Å². The van der Waals surface area contributed by atoms with E-state index in [0.29, 0.717) is 0 Å². The molecular formula is C31H15N3. The second kappa shape index (κ2) is 5.64. The van der Waals surface area contributed by atoms with Gasteiger partial charge in [0, 0.05) is 33.0 Å². The highest BCUT2D eigenvalue weighted by Crippen LogP contribution is 2.48. The Labute approximate surface area is 194 Å². The van der Waals surface area contributed by atoms with Gasteiger partial charge in [-0.15, -0.1) is 0 Å². The Kier molecular flexibility index (Phi) is 2.81. The van der Waals surface area contributed by atoms with Crippen LogP contribution in [0.25, 0.3) is 88.4 Å². The summed E-state index contributed by atoms with van der Waals surface area (Å²) in [5.74, 6) is 0. The topological polar surface area (TPSA) is 38.7 Å². The van der Waals surface area contributed by atoms with Gasteiger partial charge < -0.3 is 0 Å². The molecule has 4 aromatic carbocycles. The van der Waals surface area contributed by atoms with Crippen LogP contribution < -0.4 is 0 Å². The third kappa shape index (κ3) is 1.93. The number of fused-ring (bicyclic) bond motifs is 8. The van der Waals surface area contributed by atoms with E-state index in [9.17, 15) is 0 Å². The van der Waals surface area contributed by atoms with E-state index in [1.807, 2.05) is 0 Å². The normalized spacial score (nSPS) is 12.7. The van der Waals surface area contributed by atoms with Crippen molar-refractivity contribution in [1.82, 2.24) is 15.0 Å². The Balaban J connectivity index is 1.35. The molecule has 2 aliphatic carbocycles. The molecule has 3 nitrogen and oxygen atoms in total. The van der Waals surface area contributed by atoms with Crippen LogP contribution in [-0.2, 0) is 0 Å². The Morgan fingerprint density at radius 1 is 0.353 bits per heavy atom. The fourth-order valence-corrected chi connectivity index (χ4v) is 6.04. The van der Waals surface area contributed by atoms with Crippen LogP contribution in [0.4, 0.5) is 0 Å². The fourth-order valence-electron chi connectivity index (χ4n) is 6.04. The van der Waals surface area contributed by atoms with Crippen LogP contribution in [-0.4, -0.2) is 15.0 Å². The van der Waals surface area contributed by atoms with Gasteiger partial charge in [-0.1, -0.05) is 72.8 Å². The highest BCUT2D eigenvalue weighted by atomic mass is 14.9. The Bertz CT molecular complexity index is 1790. The lowest BCUT2D eigenvalue weighted by molar-refractivity contribution is 1.28. The lowest BCUT2D eigenvalue weighted by atomic mass is 10.0. The third-order valence-corrected chi connectivity index (χ3v) is 7.48. The SMILES string of the molecule is c1cc2c3c(cccc3c1)-c1nc3nc4nc5c(cc4cc3cc1-2)-c1cccc2cccc-5c12. The Morgan fingerprint density at radius 2 is 0.794 bits per heavy atom. The number of nitrogens with zero attached hydrogens (tertiary/aromatic N) is 3. The number of rotatable bonds is 0. The molecule has 0 aliphatic heterocycles. The number of hydrogen-bond acceptors (Lipinski definition) is 3. The van der Waals surface area contributed by atoms with Crippen molar-refractivity contribution in [3.05, 3.63) is 91.0 Å². The predicted octanol–water partition coefficient (Wildman–Crippen LogP) is 7.78. The van der Waals surface area contributed by atoms with E-state index in [1.165, 1.54) is 54.9 Å². The van der Waals surface area contributed by atoms with E-state index in [0.717, 1.165) is 33.5 Å². The smallest absolute Gasteiger partial charge is 0.162 e. The number of pyridine rings is 3. The van der Waals surface area contributed by atoms with E-state index in [4.69, 9.17) is 15.0 Å². The summed E-state index contributed by atoms with van der Waals surface area (Å²) in [6, 6.07) is 32.6. The number of hydrogen-bond donors (Lipinski definition) is 0. The maximum Gasteiger partial charge on any atom is 0.162 e. The second-order valence-corrected chi connectivity index (χ2v) is 9.27. The molecule has 0 amide bonds. The zero-order valence-corrected chi connectivity index (χ0v) is 18.0. The van der Waals surface area contributed by atoms with Crippen molar-refractivity contribution in [3.8, 4) is 44.8 Å². The molecule has 0 bridgehead atoms. The standard InChI is InChI=1S/C31H15N3/c1-5-16-7-3-11-22-26(16)20(9-1)24-14-18-13-19-15-25-21-10-2-6-17-8-4-12-23(27(17)21)29(25)33-31(19)34-30(18)32-28(22)24/h1-15H. The van der Waals surface area contributed by atoms with Gasteiger partial charge in [0.1, 0.15) is 0 Å². The minimum atomic E-state index is 0.747. The molecule has 0 N–H and O–H groups in total. The largest absolute Gasteiger partial charge is 0.227 e. The molecule has 3 heteroatoms. The molecule has 2 aliphatic rings. The maximum absolute atomic E-state index is 5.07. The Morgan fingerprint density at radius 3 is 1.26 bits per heavy atom. The van der Waals surface area contributed by atoms with Gasteiger partial charge in [0.15, 0.2) is 11.3 Å². The summed E-state index contributed by atoms with van der Waals surface area (Å²) in [6.07, 6.45) is 0. The van der Waals surface area contributed by atoms with E-state index in [2.05, 4.69) is 91.0 Å². The minimum Gasteiger partial charge on any atom is -0.227 e. The van der Waals surface area contributed by atoms with Gasteiger partial charge in [-0.3, -0.25) is 0 Å². The van der Waals surface area contributed by atoms with Crippen molar-refractivity contribution in [3.63, 3.8) is 0 Å². The zero-order valence-electron chi connectivity index (χ0n) is 18.0. The first-order valence-electron chi connectivity index (χ1n) is 11.5. The minimum absolute atomic E-state index is 0.747. The van der Waals surface area contributed by atoms with Gasteiger partial charge in [0.2, 0.25) is 0 Å². The summed E-state index contributed by atoms with van der Waals surface area (Å²) < 4.78 is 0. The van der Waals surface area contributed by atoms with Crippen LogP contribution in [0, 0.1) is 0 Å². The molecule has 154 valence electrons. The summed E-state index contributed by atoms with van der Waals surface area (Å²) in [5, 5.41) is 7.17. The molecule has 3 heterocycles. The highest BCUT2D eigenvalue weighted by molar-refractivity contribution is 6.17. The van der Waals surface area contributed by atoms with Gasteiger partial charge in [0.25, 0.3) is 0 Å². The molecule has 0 fully saturated rings. The Hall–Kier alpha value is -4.63. The monoisotopic (exact) mass is 429 g/mol. The van der Waals surface area contributed by atoms with Crippen LogP contribution in [0.2, 0.25) is 0 Å². The van der Waals surface area contributed by atoms with Gasteiger partial charge >= 0.3 is 0 Å². The van der Waals surface area contributed by atoms with Crippen LogP contribution in [0.1, 0.15) is 0 Å². The van der Waals surface area contributed by atoms with E-state index in [-0.39, 0.29) is 0 Å². The average Bonchev–Trinajstić information content (AvgIpc) is 3.36.